The zero-order valence-electron chi connectivity index (χ0n) is 14.4. The van der Waals surface area contributed by atoms with Crippen LogP contribution in [0.25, 0.3) is 11.0 Å². The van der Waals surface area contributed by atoms with E-state index in [4.69, 9.17) is 13.9 Å². The van der Waals surface area contributed by atoms with Crippen LogP contribution >= 0.6 is 15.9 Å². The molecule has 0 bridgehead atoms. The van der Waals surface area contributed by atoms with Gasteiger partial charge in [0.05, 0.1) is 6.54 Å². The molecule has 7 heteroatoms. The lowest BCUT2D eigenvalue weighted by Crippen LogP contribution is -2.36. The third-order valence-corrected chi connectivity index (χ3v) is 4.32. The van der Waals surface area contributed by atoms with E-state index in [0.29, 0.717) is 28.9 Å². The second kappa shape index (κ2) is 6.71. The minimum atomic E-state index is -0.514. The summed E-state index contributed by atoms with van der Waals surface area (Å²) in [5, 5.41) is 0.806. The van der Waals surface area contributed by atoms with Crippen molar-refractivity contribution in [3.05, 3.63) is 39.2 Å². The Bertz CT molecular complexity index is 855. The molecule has 2 heterocycles. The van der Waals surface area contributed by atoms with Crippen LogP contribution in [0.1, 0.15) is 27.2 Å². The first-order valence-electron chi connectivity index (χ1n) is 8.09. The summed E-state index contributed by atoms with van der Waals surface area (Å²) < 4.78 is 17.0. The zero-order valence-corrected chi connectivity index (χ0v) is 16.0. The molecule has 1 fully saturated rings. The molecule has 1 aliphatic rings. The molecule has 1 atom stereocenters. The number of nitrogens with zero attached hydrogens (tertiary/aromatic N) is 1. The molecule has 2 aromatic rings. The lowest BCUT2D eigenvalue weighted by molar-refractivity contribution is 0.0275. The van der Waals surface area contributed by atoms with E-state index >= 15 is 0 Å². The molecule has 1 aromatic carbocycles. The Morgan fingerprint density at radius 3 is 2.80 bits per heavy atom. The number of amides is 1. The molecule has 1 aromatic heterocycles. The molecule has 0 saturated carbocycles. The second-order valence-electron chi connectivity index (χ2n) is 7.04. The van der Waals surface area contributed by atoms with Gasteiger partial charge in [-0.2, -0.15) is 0 Å². The summed E-state index contributed by atoms with van der Waals surface area (Å²) >= 11 is 3.16. The highest BCUT2D eigenvalue weighted by Crippen LogP contribution is 2.25. The van der Waals surface area contributed by atoms with Gasteiger partial charge in [-0.15, -0.1) is 0 Å². The predicted molar refractivity (Wildman–Crippen MR) is 97.0 cm³/mol. The van der Waals surface area contributed by atoms with Gasteiger partial charge < -0.3 is 18.8 Å². The highest BCUT2D eigenvalue weighted by Gasteiger charge is 2.30. The van der Waals surface area contributed by atoms with Crippen molar-refractivity contribution in [3.63, 3.8) is 0 Å². The van der Waals surface area contributed by atoms with Crippen molar-refractivity contribution in [3.8, 4) is 5.75 Å². The van der Waals surface area contributed by atoms with E-state index in [1.165, 1.54) is 0 Å². The molecule has 25 heavy (non-hydrogen) atoms. The maximum absolute atomic E-state index is 12.1. The van der Waals surface area contributed by atoms with Crippen molar-refractivity contribution in [2.45, 2.75) is 38.9 Å². The van der Waals surface area contributed by atoms with Crippen molar-refractivity contribution >= 4 is 33.0 Å². The Morgan fingerprint density at radius 1 is 1.32 bits per heavy atom. The van der Waals surface area contributed by atoms with Crippen LogP contribution in [0.15, 0.2) is 37.9 Å². The third kappa shape index (κ3) is 4.34. The summed E-state index contributed by atoms with van der Waals surface area (Å²) in [6.07, 6.45) is 0.279. The summed E-state index contributed by atoms with van der Waals surface area (Å²) in [4.78, 5) is 25.4. The molecule has 1 amide bonds. The number of likely N-dealkylation sites (tertiary alicyclic amines) is 1. The molecule has 1 aliphatic heterocycles. The number of carbonyl (C=O) groups excluding carboxylic acids is 1. The molecule has 0 radical (unpaired) electrons. The topological polar surface area (TPSA) is 69.0 Å². The Morgan fingerprint density at radius 2 is 2.08 bits per heavy atom. The van der Waals surface area contributed by atoms with Crippen LogP contribution in [0, 0.1) is 0 Å². The minimum absolute atomic E-state index is 0.118. The Labute approximate surface area is 153 Å². The SMILES string of the molecule is CC(C)(C)OC(=O)N1CC[C@H](Oc2ccc3cc(Br)c(=O)oc3c2)C1. The average molecular weight is 410 g/mol. The molecule has 0 spiro atoms. The smallest absolute Gasteiger partial charge is 0.410 e. The normalized spacial score (nSPS) is 17.8. The molecule has 1 saturated heterocycles. The van der Waals surface area contributed by atoms with Crippen LogP contribution in [0.5, 0.6) is 5.75 Å². The number of rotatable bonds is 2. The summed E-state index contributed by atoms with van der Waals surface area (Å²) in [7, 11) is 0. The lowest BCUT2D eigenvalue weighted by atomic mass is 10.2. The molecule has 6 nitrogen and oxygen atoms in total. The molecular weight excluding hydrogens is 390 g/mol. The summed E-state index contributed by atoms with van der Waals surface area (Å²) in [5.41, 5.74) is -0.477. The van der Waals surface area contributed by atoms with E-state index in [0.717, 1.165) is 11.8 Å². The van der Waals surface area contributed by atoms with Crippen LogP contribution in [0.4, 0.5) is 4.79 Å². The highest BCUT2D eigenvalue weighted by atomic mass is 79.9. The highest BCUT2D eigenvalue weighted by molar-refractivity contribution is 9.10. The van der Waals surface area contributed by atoms with Crippen LogP contribution in [0.2, 0.25) is 0 Å². The van der Waals surface area contributed by atoms with Crippen molar-refractivity contribution in [1.82, 2.24) is 4.90 Å². The Kier molecular flexibility index (Phi) is 4.77. The summed E-state index contributed by atoms with van der Waals surface area (Å²) in [6.45, 7) is 6.59. The average Bonchev–Trinajstić information content (AvgIpc) is 2.96. The van der Waals surface area contributed by atoms with Gasteiger partial charge in [0.25, 0.3) is 0 Å². The first-order chi connectivity index (χ1) is 11.7. The van der Waals surface area contributed by atoms with Gasteiger partial charge in [-0.1, -0.05) is 0 Å². The molecule has 134 valence electrons. The fourth-order valence-electron chi connectivity index (χ4n) is 2.65. The van der Waals surface area contributed by atoms with E-state index in [2.05, 4.69) is 15.9 Å². The van der Waals surface area contributed by atoms with Gasteiger partial charge >= 0.3 is 11.7 Å². The van der Waals surface area contributed by atoms with Gasteiger partial charge in [-0.05, 0) is 54.9 Å². The van der Waals surface area contributed by atoms with E-state index < -0.39 is 11.2 Å². The second-order valence-corrected chi connectivity index (χ2v) is 7.89. The number of ether oxygens (including phenoxy) is 2. The van der Waals surface area contributed by atoms with Gasteiger partial charge in [0.15, 0.2) is 0 Å². The number of hydrogen-bond donors (Lipinski definition) is 0. The molecule has 0 N–H and O–H groups in total. The van der Waals surface area contributed by atoms with Crippen LogP contribution in [-0.4, -0.2) is 35.8 Å². The van der Waals surface area contributed by atoms with E-state index in [1.54, 1.807) is 17.0 Å². The number of benzene rings is 1. The first kappa shape index (κ1) is 17.8. The maximum atomic E-state index is 12.1. The van der Waals surface area contributed by atoms with Crippen LogP contribution in [-0.2, 0) is 4.74 Å². The quantitative estimate of drug-likeness (QED) is 0.702. The van der Waals surface area contributed by atoms with E-state index in [1.807, 2.05) is 32.9 Å². The van der Waals surface area contributed by atoms with Crippen molar-refractivity contribution in [2.24, 2.45) is 0 Å². The van der Waals surface area contributed by atoms with Gasteiger partial charge in [0, 0.05) is 24.4 Å². The molecular formula is C18H20BrNO5. The van der Waals surface area contributed by atoms with Gasteiger partial charge in [-0.3, -0.25) is 0 Å². The summed E-state index contributed by atoms with van der Waals surface area (Å²) in [5.74, 6) is 0.606. The van der Waals surface area contributed by atoms with E-state index in [-0.39, 0.29) is 12.2 Å². The van der Waals surface area contributed by atoms with Crippen molar-refractivity contribution in [1.29, 1.82) is 0 Å². The van der Waals surface area contributed by atoms with Gasteiger partial charge in [0.2, 0.25) is 0 Å². The van der Waals surface area contributed by atoms with Crippen LogP contribution < -0.4 is 10.4 Å². The third-order valence-electron chi connectivity index (χ3n) is 3.76. The van der Waals surface area contributed by atoms with E-state index in [9.17, 15) is 9.59 Å². The van der Waals surface area contributed by atoms with Crippen LogP contribution in [0.3, 0.4) is 0 Å². The standard InChI is InChI=1S/C18H20BrNO5/c1-18(2,3)25-17(22)20-7-6-13(10-20)23-12-5-4-11-8-14(19)16(21)24-15(11)9-12/h4-5,8-9,13H,6-7,10H2,1-3H3/t13-/m0/s1. The van der Waals surface area contributed by atoms with Crippen molar-refractivity contribution < 1.29 is 18.7 Å². The van der Waals surface area contributed by atoms with Gasteiger partial charge in [-0.25, -0.2) is 9.59 Å². The largest absolute Gasteiger partial charge is 0.488 e. The molecule has 0 aliphatic carbocycles. The minimum Gasteiger partial charge on any atom is -0.488 e. The Balaban J connectivity index is 1.67. The predicted octanol–water partition coefficient (Wildman–Crippen LogP) is 3.94. The maximum Gasteiger partial charge on any atom is 0.410 e. The number of hydrogen-bond acceptors (Lipinski definition) is 5. The Hall–Kier alpha value is -2.02. The fourth-order valence-corrected chi connectivity index (χ4v) is 2.98. The number of carbonyl (C=O) groups is 1. The number of fused-ring (bicyclic) bond motifs is 1. The lowest BCUT2D eigenvalue weighted by Gasteiger charge is -2.24. The van der Waals surface area contributed by atoms with Gasteiger partial charge in [0.1, 0.15) is 27.5 Å². The van der Waals surface area contributed by atoms with Crippen molar-refractivity contribution in [2.75, 3.05) is 13.1 Å². The molecule has 0 unspecified atom stereocenters. The monoisotopic (exact) mass is 409 g/mol. The summed E-state index contributed by atoms with van der Waals surface area (Å²) in [6, 6.07) is 7.06. The fraction of sp³-hybridized carbons (Fsp3) is 0.444. The number of halogens is 1. The molecule has 3 rings (SSSR count). The first-order valence-corrected chi connectivity index (χ1v) is 8.88. The zero-order chi connectivity index (χ0) is 18.2.